The van der Waals surface area contributed by atoms with Crippen LogP contribution in [0.15, 0.2) is 18.3 Å². The third-order valence-electron chi connectivity index (χ3n) is 3.47. The monoisotopic (exact) mass is 291 g/mol. The molecule has 1 heterocycles. The van der Waals surface area contributed by atoms with Crippen LogP contribution in [-0.4, -0.2) is 23.5 Å². The van der Waals surface area contributed by atoms with Crippen molar-refractivity contribution >= 4 is 11.7 Å². The van der Waals surface area contributed by atoms with E-state index in [9.17, 15) is 4.79 Å². The molecule has 21 heavy (non-hydrogen) atoms. The van der Waals surface area contributed by atoms with Crippen LogP contribution < -0.4 is 10.6 Å². The summed E-state index contributed by atoms with van der Waals surface area (Å²) < 4.78 is 0. The first-order chi connectivity index (χ1) is 10.2. The third kappa shape index (κ3) is 6.15. The first-order valence-corrected chi connectivity index (χ1v) is 8.22. The van der Waals surface area contributed by atoms with E-state index < -0.39 is 0 Å². The molecular formula is C17H29N3O. The molecule has 0 aliphatic carbocycles. The number of carbonyl (C=O) groups excluding carboxylic acids is 1. The van der Waals surface area contributed by atoms with Gasteiger partial charge < -0.3 is 10.6 Å². The predicted molar refractivity (Wildman–Crippen MR) is 88.7 cm³/mol. The van der Waals surface area contributed by atoms with Gasteiger partial charge in [-0.25, -0.2) is 4.98 Å². The van der Waals surface area contributed by atoms with Crippen molar-refractivity contribution in [3.05, 3.63) is 23.9 Å². The Bertz CT molecular complexity index is 420. The number of rotatable bonds is 10. The Morgan fingerprint density at radius 1 is 1.19 bits per heavy atom. The molecule has 1 unspecified atom stereocenters. The summed E-state index contributed by atoms with van der Waals surface area (Å²) in [6.45, 7) is 7.26. The normalized spacial score (nSPS) is 12.0. The number of carbonyl (C=O) groups is 1. The summed E-state index contributed by atoms with van der Waals surface area (Å²) in [5.74, 6) is 0.666. The van der Waals surface area contributed by atoms with E-state index in [0.717, 1.165) is 45.1 Å². The molecule has 0 aliphatic rings. The summed E-state index contributed by atoms with van der Waals surface area (Å²) in [7, 11) is 0. The number of nitrogens with zero attached hydrogens (tertiary/aromatic N) is 1. The molecule has 0 saturated carbocycles. The minimum atomic E-state index is -0.0174. The van der Waals surface area contributed by atoms with Crippen molar-refractivity contribution in [2.24, 2.45) is 0 Å². The molecule has 0 radical (unpaired) electrons. The highest BCUT2D eigenvalue weighted by Gasteiger charge is 2.16. The number of anilines is 1. The van der Waals surface area contributed by atoms with Crippen molar-refractivity contribution in [1.29, 1.82) is 0 Å². The van der Waals surface area contributed by atoms with E-state index in [-0.39, 0.29) is 11.9 Å². The molecule has 0 fully saturated rings. The zero-order valence-electron chi connectivity index (χ0n) is 13.6. The van der Waals surface area contributed by atoms with Gasteiger partial charge in [-0.05, 0) is 31.4 Å². The number of amides is 1. The lowest BCUT2D eigenvalue weighted by Gasteiger charge is -2.19. The van der Waals surface area contributed by atoms with E-state index in [0.29, 0.717) is 11.4 Å². The van der Waals surface area contributed by atoms with E-state index in [1.165, 1.54) is 0 Å². The Morgan fingerprint density at radius 3 is 2.67 bits per heavy atom. The number of pyridine rings is 1. The van der Waals surface area contributed by atoms with E-state index >= 15 is 0 Å². The smallest absolute Gasteiger partial charge is 0.255 e. The number of hydrogen-bond donors (Lipinski definition) is 2. The van der Waals surface area contributed by atoms with Gasteiger partial charge in [-0.15, -0.1) is 0 Å². The maximum atomic E-state index is 12.5. The van der Waals surface area contributed by atoms with E-state index in [2.05, 4.69) is 36.4 Å². The average Bonchev–Trinajstić information content (AvgIpc) is 2.51. The lowest BCUT2D eigenvalue weighted by Crippen LogP contribution is -2.35. The summed E-state index contributed by atoms with van der Waals surface area (Å²) in [5.41, 5.74) is 0.642. The lowest BCUT2D eigenvalue weighted by atomic mass is 10.0. The standard InChI is InChI=1S/C17H29N3O/c1-4-7-10-14(9-5-2)20-17(21)15-11-8-13-19-16(15)18-12-6-3/h8,11,13-14H,4-7,9-10,12H2,1-3H3,(H,18,19)(H,20,21). The summed E-state index contributed by atoms with van der Waals surface area (Å²) in [5, 5.41) is 6.39. The van der Waals surface area contributed by atoms with E-state index in [1.54, 1.807) is 6.20 Å². The molecular weight excluding hydrogens is 262 g/mol. The van der Waals surface area contributed by atoms with Crippen LogP contribution in [0.3, 0.4) is 0 Å². The fourth-order valence-corrected chi connectivity index (χ4v) is 2.32. The molecule has 118 valence electrons. The molecule has 2 N–H and O–H groups in total. The molecule has 0 bridgehead atoms. The van der Waals surface area contributed by atoms with Gasteiger partial charge in [0.2, 0.25) is 0 Å². The van der Waals surface area contributed by atoms with Crippen LogP contribution in [0.2, 0.25) is 0 Å². The van der Waals surface area contributed by atoms with Gasteiger partial charge >= 0.3 is 0 Å². The fraction of sp³-hybridized carbons (Fsp3) is 0.647. The number of unbranched alkanes of at least 4 members (excludes halogenated alkanes) is 1. The van der Waals surface area contributed by atoms with Crippen molar-refractivity contribution in [3.8, 4) is 0 Å². The van der Waals surface area contributed by atoms with Gasteiger partial charge in [0.15, 0.2) is 0 Å². The number of hydrogen-bond acceptors (Lipinski definition) is 3. The maximum Gasteiger partial charge on any atom is 0.255 e. The first kappa shape index (κ1) is 17.5. The zero-order chi connectivity index (χ0) is 15.5. The quantitative estimate of drug-likeness (QED) is 0.685. The molecule has 1 rings (SSSR count). The molecule has 0 spiro atoms. The van der Waals surface area contributed by atoms with Gasteiger partial charge in [0, 0.05) is 18.8 Å². The largest absolute Gasteiger partial charge is 0.369 e. The second-order valence-electron chi connectivity index (χ2n) is 5.43. The highest BCUT2D eigenvalue weighted by molar-refractivity contribution is 5.98. The van der Waals surface area contributed by atoms with Crippen molar-refractivity contribution < 1.29 is 4.79 Å². The molecule has 1 atom stereocenters. The second-order valence-corrected chi connectivity index (χ2v) is 5.43. The molecule has 1 aromatic heterocycles. The summed E-state index contributed by atoms with van der Waals surface area (Å²) in [6, 6.07) is 3.91. The number of aromatic nitrogens is 1. The Kier molecular flexibility index (Phi) is 8.48. The van der Waals surface area contributed by atoms with Gasteiger partial charge in [0.05, 0.1) is 5.56 Å². The van der Waals surface area contributed by atoms with Crippen LogP contribution in [0.25, 0.3) is 0 Å². The van der Waals surface area contributed by atoms with Crippen molar-refractivity contribution in [1.82, 2.24) is 10.3 Å². The summed E-state index contributed by atoms with van der Waals surface area (Å²) >= 11 is 0. The number of nitrogens with one attached hydrogen (secondary N) is 2. The van der Waals surface area contributed by atoms with Crippen LogP contribution in [0, 0.1) is 0 Å². The van der Waals surface area contributed by atoms with Crippen LogP contribution >= 0.6 is 0 Å². The van der Waals surface area contributed by atoms with Crippen molar-refractivity contribution in [2.75, 3.05) is 11.9 Å². The Morgan fingerprint density at radius 2 is 2.00 bits per heavy atom. The molecule has 4 nitrogen and oxygen atoms in total. The third-order valence-corrected chi connectivity index (χ3v) is 3.47. The fourth-order valence-electron chi connectivity index (χ4n) is 2.32. The molecule has 1 amide bonds. The molecule has 0 saturated heterocycles. The zero-order valence-corrected chi connectivity index (χ0v) is 13.6. The Balaban J connectivity index is 2.72. The Labute approximate surface area is 128 Å². The molecule has 1 aromatic rings. The molecule has 4 heteroatoms. The van der Waals surface area contributed by atoms with Gasteiger partial charge in [0.1, 0.15) is 5.82 Å². The van der Waals surface area contributed by atoms with E-state index in [4.69, 9.17) is 0 Å². The topological polar surface area (TPSA) is 54.0 Å². The molecule has 0 aromatic carbocycles. The van der Waals surface area contributed by atoms with Crippen molar-refractivity contribution in [3.63, 3.8) is 0 Å². The predicted octanol–water partition coefficient (Wildman–Crippen LogP) is 3.99. The van der Waals surface area contributed by atoms with Crippen LogP contribution in [0.1, 0.15) is 69.7 Å². The SMILES string of the molecule is CCCCC(CCC)NC(=O)c1cccnc1NCCC. The summed E-state index contributed by atoms with van der Waals surface area (Å²) in [4.78, 5) is 16.8. The first-order valence-electron chi connectivity index (χ1n) is 8.22. The average molecular weight is 291 g/mol. The minimum absolute atomic E-state index is 0.0174. The van der Waals surface area contributed by atoms with Crippen LogP contribution in [0.4, 0.5) is 5.82 Å². The highest BCUT2D eigenvalue weighted by atomic mass is 16.1. The summed E-state index contributed by atoms with van der Waals surface area (Å²) in [6.07, 6.45) is 8.20. The molecule has 0 aliphatic heterocycles. The maximum absolute atomic E-state index is 12.5. The highest BCUT2D eigenvalue weighted by Crippen LogP contribution is 2.13. The van der Waals surface area contributed by atoms with Crippen LogP contribution in [0.5, 0.6) is 0 Å². The van der Waals surface area contributed by atoms with Crippen molar-refractivity contribution in [2.45, 2.75) is 65.3 Å². The Hall–Kier alpha value is -1.58. The van der Waals surface area contributed by atoms with Gasteiger partial charge in [-0.1, -0.05) is 40.0 Å². The van der Waals surface area contributed by atoms with Crippen LogP contribution in [-0.2, 0) is 0 Å². The van der Waals surface area contributed by atoms with Gasteiger partial charge in [-0.2, -0.15) is 0 Å². The van der Waals surface area contributed by atoms with Gasteiger partial charge in [0.25, 0.3) is 5.91 Å². The second kappa shape index (κ2) is 10.2. The van der Waals surface area contributed by atoms with Gasteiger partial charge in [-0.3, -0.25) is 4.79 Å². The minimum Gasteiger partial charge on any atom is -0.369 e. The van der Waals surface area contributed by atoms with E-state index in [1.807, 2.05) is 12.1 Å². The lowest BCUT2D eigenvalue weighted by molar-refractivity contribution is 0.0932.